The summed E-state index contributed by atoms with van der Waals surface area (Å²) in [6, 6.07) is 31.9. The van der Waals surface area contributed by atoms with E-state index in [1.807, 2.05) is 24.3 Å². The van der Waals surface area contributed by atoms with Crippen molar-refractivity contribution in [1.29, 1.82) is 0 Å². The van der Waals surface area contributed by atoms with Crippen molar-refractivity contribution in [3.63, 3.8) is 0 Å². The number of fused-ring (bicyclic) bond motifs is 5. The quantitative estimate of drug-likeness (QED) is 0.248. The highest BCUT2D eigenvalue weighted by atomic mass is 16.5. The minimum atomic E-state index is 0.559. The molecule has 1 aliphatic heterocycles. The SMILES string of the molecule is CCCN1CCc2c(c(-c3cccc(OCc4ccccc4)c3)nc3ccc4ccccc4c23)C1. The molecule has 0 radical (unpaired) electrons. The van der Waals surface area contributed by atoms with Crippen LogP contribution in [0.1, 0.15) is 30.0 Å². The van der Waals surface area contributed by atoms with Crippen LogP contribution in [-0.2, 0) is 19.6 Å². The predicted octanol–water partition coefficient (Wildman–Crippen LogP) is 7.40. The van der Waals surface area contributed by atoms with Gasteiger partial charge in [0, 0.05) is 24.0 Å². The van der Waals surface area contributed by atoms with Gasteiger partial charge in [-0.1, -0.05) is 79.7 Å². The number of benzene rings is 4. The molecule has 1 aliphatic rings. The molecule has 0 N–H and O–H groups in total. The van der Waals surface area contributed by atoms with E-state index >= 15 is 0 Å². The fourth-order valence-corrected chi connectivity index (χ4v) is 5.39. The van der Waals surface area contributed by atoms with Crippen LogP contribution >= 0.6 is 0 Å². The van der Waals surface area contributed by atoms with Gasteiger partial charge in [0.1, 0.15) is 12.4 Å². The molecule has 0 saturated carbocycles. The molecular weight excluding hydrogens is 428 g/mol. The molecule has 3 heteroatoms. The first kappa shape index (κ1) is 21.8. The zero-order chi connectivity index (χ0) is 23.6. The van der Waals surface area contributed by atoms with Gasteiger partial charge >= 0.3 is 0 Å². The van der Waals surface area contributed by atoms with E-state index in [4.69, 9.17) is 9.72 Å². The van der Waals surface area contributed by atoms with E-state index in [1.54, 1.807) is 0 Å². The van der Waals surface area contributed by atoms with E-state index < -0.39 is 0 Å². The van der Waals surface area contributed by atoms with E-state index in [9.17, 15) is 0 Å². The molecule has 0 atom stereocenters. The summed E-state index contributed by atoms with van der Waals surface area (Å²) in [5.41, 5.74) is 7.30. The number of nitrogens with zero attached hydrogens (tertiary/aromatic N) is 2. The Morgan fingerprint density at radius 2 is 1.71 bits per heavy atom. The topological polar surface area (TPSA) is 25.4 Å². The van der Waals surface area contributed by atoms with Crippen molar-refractivity contribution in [3.8, 4) is 17.0 Å². The fraction of sp³-hybridized carbons (Fsp3) is 0.219. The number of hydrogen-bond donors (Lipinski definition) is 0. The van der Waals surface area contributed by atoms with Gasteiger partial charge in [0.25, 0.3) is 0 Å². The summed E-state index contributed by atoms with van der Waals surface area (Å²) in [6.07, 6.45) is 2.22. The lowest BCUT2D eigenvalue weighted by atomic mass is 9.89. The maximum atomic E-state index is 6.16. The summed E-state index contributed by atoms with van der Waals surface area (Å²) in [5.74, 6) is 0.877. The maximum Gasteiger partial charge on any atom is 0.120 e. The van der Waals surface area contributed by atoms with Crippen molar-refractivity contribution in [2.75, 3.05) is 13.1 Å². The number of rotatable bonds is 6. The summed E-state index contributed by atoms with van der Waals surface area (Å²) in [7, 11) is 0. The third-order valence-corrected chi connectivity index (χ3v) is 7.05. The molecule has 3 nitrogen and oxygen atoms in total. The highest BCUT2D eigenvalue weighted by Crippen LogP contribution is 2.38. The lowest BCUT2D eigenvalue weighted by Gasteiger charge is -2.31. The molecular formula is C32H30N2O. The first-order valence-corrected chi connectivity index (χ1v) is 12.6. The second-order valence-electron chi connectivity index (χ2n) is 9.43. The average molecular weight is 459 g/mol. The van der Waals surface area contributed by atoms with Gasteiger partial charge < -0.3 is 4.74 Å². The van der Waals surface area contributed by atoms with Crippen LogP contribution in [0, 0.1) is 0 Å². The lowest BCUT2D eigenvalue weighted by Crippen LogP contribution is -2.32. The molecule has 0 bridgehead atoms. The van der Waals surface area contributed by atoms with Crippen LogP contribution in [0.2, 0.25) is 0 Å². The third-order valence-electron chi connectivity index (χ3n) is 7.05. The average Bonchev–Trinajstić information content (AvgIpc) is 2.92. The van der Waals surface area contributed by atoms with Crippen LogP contribution in [0.25, 0.3) is 32.9 Å². The molecule has 4 aromatic carbocycles. The second-order valence-corrected chi connectivity index (χ2v) is 9.43. The number of pyridine rings is 1. The Morgan fingerprint density at radius 3 is 2.60 bits per heavy atom. The van der Waals surface area contributed by atoms with Gasteiger partial charge in [0.05, 0.1) is 11.2 Å². The standard InChI is InChI=1S/C32H30N2O/c1-2-18-34-19-17-28-29(21-34)32(33-30-16-15-24-11-6-7-14-27(24)31(28)30)25-12-8-13-26(20-25)35-22-23-9-4-3-5-10-23/h3-16,20H,2,17-19,21-22H2,1H3. The van der Waals surface area contributed by atoms with Gasteiger partial charge in [0.2, 0.25) is 0 Å². The van der Waals surface area contributed by atoms with Gasteiger partial charge in [-0.2, -0.15) is 0 Å². The molecule has 0 aliphatic carbocycles. The Balaban J connectivity index is 1.46. The van der Waals surface area contributed by atoms with Crippen LogP contribution in [-0.4, -0.2) is 23.0 Å². The molecule has 0 amide bonds. The zero-order valence-corrected chi connectivity index (χ0v) is 20.2. The molecule has 0 saturated heterocycles. The zero-order valence-electron chi connectivity index (χ0n) is 20.2. The van der Waals surface area contributed by atoms with Crippen LogP contribution in [0.5, 0.6) is 5.75 Å². The van der Waals surface area contributed by atoms with Crippen molar-refractivity contribution >= 4 is 21.7 Å². The van der Waals surface area contributed by atoms with E-state index in [-0.39, 0.29) is 0 Å². The van der Waals surface area contributed by atoms with Crippen molar-refractivity contribution in [2.45, 2.75) is 32.9 Å². The van der Waals surface area contributed by atoms with E-state index in [0.717, 1.165) is 55.0 Å². The Kier molecular flexibility index (Phi) is 5.93. The van der Waals surface area contributed by atoms with Crippen LogP contribution in [0.3, 0.4) is 0 Å². The minimum Gasteiger partial charge on any atom is -0.489 e. The molecule has 5 aromatic rings. The maximum absolute atomic E-state index is 6.16. The van der Waals surface area contributed by atoms with Gasteiger partial charge in [-0.3, -0.25) is 4.90 Å². The predicted molar refractivity (Wildman–Crippen MR) is 145 cm³/mol. The van der Waals surface area contributed by atoms with Crippen LogP contribution in [0.15, 0.2) is 91.0 Å². The van der Waals surface area contributed by atoms with Crippen molar-refractivity contribution < 1.29 is 4.74 Å². The normalized spacial score (nSPS) is 13.7. The van der Waals surface area contributed by atoms with Crippen molar-refractivity contribution in [3.05, 3.63) is 108 Å². The van der Waals surface area contributed by atoms with Crippen molar-refractivity contribution in [2.24, 2.45) is 0 Å². The molecule has 2 heterocycles. The molecule has 0 unspecified atom stereocenters. The molecule has 6 rings (SSSR count). The molecule has 0 spiro atoms. The lowest BCUT2D eigenvalue weighted by molar-refractivity contribution is 0.255. The largest absolute Gasteiger partial charge is 0.489 e. The molecule has 1 aromatic heterocycles. The highest BCUT2D eigenvalue weighted by molar-refractivity contribution is 6.09. The van der Waals surface area contributed by atoms with Gasteiger partial charge in [-0.25, -0.2) is 4.98 Å². The molecule has 174 valence electrons. The smallest absolute Gasteiger partial charge is 0.120 e. The van der Waals surface area contributed by atoms with Crippen LogP contribution < -0.4 is 4.74 Å². The first-order valence-electron chi connectivity index (χ1n) is 12.6. The van der Waals surface area contributed by atoms with E-state index in [2.05, 4.69) is 78.6 Å². The van der Waals surface area contributed by atoms with Crippen molar-refractivity contribution in [1.82, 2.24) is 9.88 Å². The van der Waals surface area contributed by atoms with E-state index in [1.165, 1.54) is 32.8 Å². The van der Waals surface area contributed by atoms with Gasteiger partial charge in [0.15, 0.2) is 0 Å². The Morgan fingerprint density at radius 1 is 0.857 bits per heavy atom. The fourth-order valence-electron chi connectivity index (χ4n) is 5.39. The summed E-state index contributed by atoms with van der Waals surface area (Å²) < 4.78 is 6.16. The monoisotopic (exact) mass is 458 g/mol. The third kappa shape index (κ3) is 4.28. The Labute approximate surface area is 207 Å². The summed E-state index contributed by atoms with van der Waals surface area (Å²) in [4.78, 5) is 7.85. The summed E-state index contributed by atoms with van der Waals surface area (Å²) in [6.45, 7) is 5.98. The first-order chi connectivity index (χ1) is 17.3. The Bertz CT molecular complexity index is 1490. The van der Waals surface area contributed by atoms with E-state index in [0.29, 0.717) is 6.61 Å². The highest BCUT2D eigenvalue weighted by Gasteiger charge is 2.24. The van der Waals surface area contributed by atoms with Gasteiger partial charge in [-0.15, -0.1) is 0 Å². The minimum absolute atomic E-state index is 0.559. The second kappa shape index (κ2) is 9.52. The molecule has 0 fully saturated rings. The Hall–Kier alpha value is -3.69. The summed E-state index contributed by atoms with van der Waals surface area (Å²) >= 11 is 0. The van der Waals surface area contributed by atoms with Crippen LogP contribution in [0.4, 0.5) is 0 Å². The number of aromatic nitrogens is 1. The number of ether oxygens (including phenoxy) is 1. The van der Waals surface area contributed by atoms with Gasteiger partial charge in [-0.05, 0) is 65.0 Å². The molecule has 35 heavy (non-hydrogen) atoms. The summed E-state index contributed by atoms with van der Waals surface area (Å²) in [5, 5.41) is 3.92. The number of hydrogen-bond acceptors (Lipinski definition) is 3.